The maximum Gasteiger partial charge on any atom is 0.0802 e. The summed E-state index contributed by atoms with van der Waals surface area (Å²) in [6, 6.07) is 4.15. The number of aromatic nitrogens is 3. The number of nitrogens with one attached hydrogen (secondary N) is 1. The van der Waals surface area contributed by atoms with Crippen molar-refractivity contribution < 1.29 is 0 Å². The van der Waals surface area contributed by atoms with Crippen molar-refractivity contribution in [3.8, 4) is 0 Å². The maximum atomic E-state index is 4.48. The molecule has 0 spiro atoms. The number of hydrogen-bond donors (Lipinski definition) is 1. The van der Waals surface area contributed by atoms with Gasteiger partial charge in [0.25, 0.3) is 0 Å². The number of aryl methyl sites for hydroxylation is 2. The van der Waals surface area contributed by atoms with E-state index in [9.17, 15) is 0 Å². The maximum absolute atomic E-state index is 4.48. The molecule has 4 nitrogen and oxygen atoms in total. The summed E-state index contributed by atoms with van der Waals surface area (Å²) < 4.78 is 0. The van der Waals surface area contributed by atoms with Crippen molar-refractivity contribution in [1.29, 1.82) is 0 Å². The van der Waals surface area contributed by atoms with Crippen molar-refractivity contribution in [2.24, 2.45) is 0 Å². The molecule has 2 rings (SSSR count). The minimum Gasteiger partial charge on any atom is -0.308 e. The van der Waals surface area contributed by atoms with E-state index < -0.39 is 0 Å². The Morgan fingerprint density at radius 3 is 2.59 bits per heavy atom. The Kier molecular flexibility index (Phi) is 3.44. The minimum atomic E-state index is 0.0387. The summed E-state index contributed by atoms with van der Waals surface area (Å²) in [6.45, 7) is 4.01. The fraction of sp³-hybridized carbons (Fsp3) is 0.308. The van der Waals surface area contributed by atoms with Gasteiger partial charge in [0.2, 0.25) is 0 Å². The van der Waals surface area contributed by atoms with Gasteiger partial charge in [-0.2, -0.15) is 0 Å². The zero-order valence-electron chi connectivity index (χ0n) is 10.3. The van der Waals surface area contributed by atoms with Crippen LogP contribution in [0.1, 0.15) is 28.7 Å². The molecule has 0 saturated carbocycles. The summed E-state index contributed by atoms with van der Waals surface area (Å²) in [6.07, 6.45) is 5.16. The molecule has 0 fully saturated rings. The lowest BCUT2D eigenvalue weighted by molar-refractivity contribution is 0.658. The molecule has 2 aromatic rings. The van der Waals surface area contributed by atoms with E-state index in [1.54, 1.807) is 18.6 Å². The Morgan fingerprint density at radius 2 is 2.00 bits per heavy atom. The van der Waals surface area contributed by atoms with Crippen LogP contribution in [0.2, 0.25) is 0 Å². The van der Waals surface area contributed by atoms with Crippen molar-refractivity contribution >= 4 is 0 Å². The van der Waals surface area contributed by atoms with Gasteiger partial charge in [0.1, 0.15) is 0 Å². The largest absolute Gasteiger partial charge is 0.308 e. The predicted octanol–water partition coefficient (Wildman–Crippen LogP) is 1.80. The first kappa shape index (κ1) is 11.7. The lowest BCUT2D eigenvalue weighted by Crippen LogP contribution is -2.20. The molecular formula is C13H16N4. The molecule has 0 bridgehead atoms. The van der Waals surface area contributed by atoms with Crippen LogP contribution in [0.5, 0.6) is 0 Å². The monoisotopic (exact) mass is 228 g/mol. The van der Waals surface area contributed by atoms with Gasteiger partial charge in [0.05, 0.1) is 17.9 Å². The third-order valence-corrected chi connectivity index (χ3v) is 2.74. The van der Waals surface area contributed by atoms with Crippen LogP contribution in [0.3, 0.4) is 0 Å². The first-order chi connectivity index (χ1) is 8.22. The van der Waals surface area contributed by atoms with Crippen LogP contribution in [-0.2, 0) is 0 Å². The van der Waals surface area contributed by atoms with Gasteiger partial charge >= 0.3 is 0 Å². The molecule has 0 aromatic carbocycles. The first-order valence-corrected chi connectivity index (χ1v) is 5.59. The van der Waals surface area contributed by atoms with Crippen LogP contribution in [-0.4, -0.2) is 22.0 Å². The van der Waals surface area contributed by atoms with Gasteiger partial charge in [-0.25, -0.2) is 0 Å². The molecule has 0 aliphatic carbocycles. The smallest absolute Gasteiger partial charge is 0.0802 e. The highest BCUT2D eigenvalue weighted by Gasteiger charge is 2.16. The Labute approximate surface area is 101 Å². The van der Waals surface area contributed by atoms with E-state index in [-0.39, 0.29) is 6.04 Å². The Morgan fingerprint density at radius 1 is 1.18 bits per heavy atom. The molecule has 0 amide bonds. The summed E-state index contributed by atoms with van der Waals surface area (Å²) in [4.78, 5) is 12.9. The summed E-state index contributed by atoms with van der Waals surface area (Å²) >= 11 is 0. The highest BCUT2D eigenvalue weighted by Crippen LogP contribution is 2.21. The van der Waals surface area contributed by atoms with Gasteiger partial charge in [-0.05, 0) is 32.5 Å². The number of rotatable bonds is 3. The summed E-state index contributed by atoms with van der Waals surface area (Å²) in [7, 11) is 1.92. The van der Waals surface area contributed by atoms with E-state index in [2.05, 4.69) is 26.3 Å². The van der Waals surface area contributed by atoms with E-state index in [1.807, 2.05) is 27.0 Å². The van der Waals surface area contributed by atoms with Gasteiger partial charge in [0.15, 0.2) is 0 Å². The molecule has 0 saturated heterocycles. The first-order valence-electron chi connectivity index (χ1n) is 5.59. The van der Waals surface area contributed by atoms with Crippen molar-refractivity contribution in [2.75, 3.05) is 7.05 Å². The lowest BCUT2D eigenvalue weighted by atomic mass is 10.0. The molecule has 0 radical (unpaired) electrons. The van der Waals surface area contributed by atoms with Crippen LogP contribution in [0.25, 0.3) is 0 Å². The van der Waals surface area contributed by atoms with Crippen LogP contribution < -0.4 is 5.32 Å². The van der Waals surface area contributed by atoms with Crippen LogP contribution >= 0.6 is 0 Å². The molecular weight excluding hydrogens is 212 g/mol. The van der Waals surface area contributed by atoms with Crippen molar-refractivity contribution in [1.82, 2.24) is 20.3 Å². The fourth-order valence-electron chi connectivity index (χ4n) is 1.92. The third kappa shape index (κ3) is 2.47. The topological polar surface area (TPSA) is 50.7 Å². The van der Waals surface area contributed by atoms with Gasteiger partial charge in [-0.3, -0.25) is 15.0 Å². The van der Waals surface area contributed by atoms with Gasteiger partial charge in [0, 0.05) is 23.8 Å². The summed E-state index contributed by atoms with van der Waals surface area (Å²) in [5.74, 6) is 0. The highest BCUT2D eigenvalue weighted by molar-refractivity contribution is 5.30. The highest BCUT2D eigenvalue weighted by atomic mass is 14.9. The summed E-state index contributed by atoms with van der Waals surface area (Å²) in [5, 5.41) is 3.25. The second-order valence-electron chi connectivity index (χ2n) is 3.98. The van der Waals surface area contributed by atoms with Crippen molar-refractivity contribution in [2.45, 2.75) is 19.9 Å². The molecule has 0 aliphatic heterocycles. The minimum absolute atomic E-state index is 0.0387. The molecule has 1 unspecified atom stereocenters. The van der Waals surface area contributed by atoms with Crippen molar-refractivity contribution in [3.63, 3.8) is 0 Å². The molecule has 1 atom stereocenters. The molecule has 0 aliphatic rings. The zero-order chi connectivity index (χ0) is 12.3. The average molecular weight is 228 g/mol. The number of nitrogens with zero attached hydrogens (tertiary/aromatic N) is 3. The Hall–Kier alpha value is -1.81. The zero-order valence-corrected chi connectivity index (χ0v) is 10.3. The molecule has 88 valence electrons. The molecule has 17 heavy (non-hydrogen) atoms. The lowest BCUT2D eigenvalue weighted by Gasteiger charge is -2.17. The van der Waals surface area contributed by atoms with Crippen molar-refractivity contribution in [3.05, 3.63) is 53.4 Å². The number of pyridine rings is 1. The third-order valence-electron chi connectivity index (χ3n) is 2.74. The second kappa shape index (κ2) is 5.01. The number of hydrogen-bond acceptors (Lipinski definition) is 4. The predicted molar refractivity (Wildman–Crippen MR) is 66.6 cm³/mol. The van der Waals surface area contributed by atoms with E-state index >= 15 is 0 Å². The van der Waals surface area contributed by atoms with E-state index in [4.69, 9.17) is 0 Å². The quantitative estimate of drug-likeness (QED) is 0.870. The molecule has 2 heterocycles. The van der Waals surface area contributed by atoms with Gasteiger partial charge in [-0.15, -0.1) is 0 Å². The molecule has 4 heteroatoms. The van der Waals surface area contributed by atoms with Gasteiger partial charge in [-0.1, -0.05) is 6.07 Å². The fourth-order valence-corrected chi connectivity index (χ4v) is 1.92. The Bertz CT molecular complexity index is 496. The van der Waals surface area contributed by atoms with E-state index in [0.29, 0.717) is 0 Å². The SMILES string of the molecule is CNC(c1cnccn1)c1ccc(C)nc1C. The standard InChI is InChI=1S/C13H16N4/c1-9-4-5-11(10(2)17-9)13(14-3)12-8-15-6-7-16-12/h4-8,13-14H,1-3H3. The van der Waals surface area contributed by atoms with Gasteiger partial charge < -0.3 is 5.32 Å². The van der Waals surface area contributed by atoms with Crippen LogP contribution in [0.4, 0.5) is 0 Å². The Balaban J connectivity index is 2.42. The van der Waals surface area contributed by atoms with Crippen LogP contribution in [0.15, 0.2) is 30.7 Å². The second-order valence-corrected chi connectivity index (χ2v) is 3.98. The van der Waals surface area contributed by atoms with E-state index in [1.165, 1.54) is 0 Å². The molecule has 2 aromatic heterocycles. The summed E-state index contributed by atoms with van der Waals surface area (Å²) in [5.41, 5.74) is 4.10. The average Bonchev–Trinajstić information content (AvgIpc) is 2.34. The molecule has 1 N–H and O–H groups in total. The normalized spacial score (nSPS) is 12.4. The van der Waals surface area contributed by atoms with Crippen LogP contribution in [0, 0.1) is 13.8 Å². The van der Waals surface area contributed by atoms with E-state index in [0.717, 1.165) is 22.6 Å².